The van der Waals surface area contributed by atoms with Crippen LogP contribution in [-0.4, -0.2) is 36.0 Å². The molecule has 1 aromatic carbocycles. The van der Waals surface area contributed by atoms with Crippen LogP contribution in [0.2, 0.25) is 5.02 Å². The summed E-state index contributed by atoms with van der Waals surface area (Å²) >= 11 is 5.75. The summed E-state index contributed by atoms with van der Waals surface area (Å²) in [6.45, 7) is -1.16. The van der Waals surface area contributed by atoms with E-state index in [1.54, 1.807) is 0 Å². The van der Waals surface area contributed by atoms with Gasteiger partial charge in [-0.15, -0.1) is 0 Å². The molecule has 0 aromatic heterocycles. The summed E-state index contributed by atoms with van der Waals surface area (Å²) in [7, 11) is 0. The Bertz CT molecular complexity index is 636. The zero-order valence-electron chi connectivity index (χ0n) is 12.5. The SMILES string of the molecule is O=C(NCc1cccc(C(F)(F)F)c1Cl)[C@@H]1CCC(=O)N1CCF. The molecular formula is C15H15ClF4N2O2. The molecule has 1 aliphatic rings. The first-order valence-electron chi connectivity index (χ1n) is 7.23. The summed E-state index contributed by atoms with van der Waals surface area (Å²) in [6.07, 6.45) is -4.20. The molecular weight excluding hydrogens is 352 g/mol. The molecule has 0 saturated carbocycles. The van der Waals surface area contributed by atoms with Crippen LogP contribution in [0.1, 0.15) is 24.0 Å². The van der Waals surface area contributed by atoms with Crippen molar-refractivity contribution in [2.24, 2.45) is 0 Å². The number of benzene rings is 1. The van der Waals surface area contributed by atoms with Gasteiger partial charge < -0.3 is 10.2 Å². The summed E-state index contributed by atoms with van der Waals surface area (Å²) in [5.74, 6) is -0.854. The molecule has 1 aromatic rings. The second-order valence-corrected chi connectivity index (χ2v) is 5.70. The lowest BCUT2D eigenvalue weighted by molar-refractivity contribution is -0.137. The highest BCUT2D eigenvalue weighted by atomic mass is 35.5. The summed E-state index contributed by atoms with van der Waals surface area (Å²) in [5.41, 5.74) is -0.868. The molecule has 2 rings (SSSR count). The van der Waals surface area contributed by atoms with Crippen molar-refractivity contribution in [2.45, 2.75) is 31.6 Å². The first-order chi connectivity index (χ1) is 11.3. The number of rotatable bonds is 5. The lowest BCUT2D eigenvalue weighted by Crippen LogP contribution is -2.45. The van der Waals surface area contributed by atoms with E-state index in [9.17, 15) is 27.2 Å². The molecule has 2 amide bonds. The van der Waals surface area contributed by atoms with Crippen molar-refractivity contribution in [2.75, 3.05) is 13.2 Å². The fourth-order valence-electron chi connectivity index (χ4n) is 2.61. The van der Waals surface area contributed by atoms with E-state index in [2.05, 4.69) is 5.32 Å². The third kappa shape index (κ3) is 3.98. The van der Waals surface area contributed by atoms with Crippen molar-refractivity contribution >= 4 is 23.4 Å². The van der Waals surface area contributed by atoms with Gasteiger partial charge in [0.05, 0.1) is 10.6 Å². The fourth-order valence-corrected chi connectivity index (χ4v) is 2.91. The molecule has 9 heteroatoms. The van der Waals surface area contributed by atoms with E-state index in [0.717, 1.165) is 11.0 Å². The Morgan fingerprint density at radius 1 is 1.38 bits per heavy atom. The summed E-state index contributed by atoms with van der Waals surface area (Å²) in [4.78, 5) is 24.9. The maximum atomic E-state index is 12.8. The van der Waals surface area contributed by atoms with Crippen LogP contribution in [0.15, 0.2) is 18.2 Å². The topological polar surface area (TPSA) is 49.4 Å². The fraction of sp³-hybridized carbons (Fsp3) is 0.467. The predicted molar refractivity (Wildman–Crippen MR) is 79.0 cm³/mol. The molecule has 0 radical (unpaired) electrons. The Hall–Kier alpha value is -1.83. The highest BCUT2D eigenvalue weighted by Crippen LogP contribution is 2.36. The molecule has 1 saturated heterocycles. The van der Waals surface area contributed by atoms with Crippen LogP contribution in [0.3, 0.4) is 0 Å². The van der Waals surface area contributed by atoms with Gasteiger partial charge in [-0.05, 0) is 18.1 Å². The summed E-state index contributed by atoms with van der Waals surface area (Å²) in [5, 5.41) is 1.98. The van der Waals surface area contributed by atoms with Crippen LogP contribution in [0.4, 0.5) is 17.6 Å². The largest absolute Gasteiger partial charge is 0.417 e. The number of amides is 2. The Balaban J connectivity index is 2.06. The van der Waals surface area contributed by atoms with E-state index in [1.165, 1.54) is 12.1 Å². The maximum absolute atomic E-state index is 12.8. The minimum absolute atomic E-state index is 0.112. The van der Waals surface area contributed by atoms with Crippen molar-refractivity contribution < 1.29 is 27.2 Å². The summed E-state index contributed by atoms with van der Waals surface area (Å²) in [6, 6.07) is 2.62. The van der Waals surface area contributed by atoms with Crippen LogP contribution < -0.4 is 5.32 Å². The molecule has 1 N–H and O–H groups in total. The third-order valence-corrected chi connectivity index (χ3v) is 4.24. The number of hydrogen-bond acceptors (Lipinski definition) is 2. The molecule has 1 aliphatic heterocycles. The van der Waals surface area contributed by atoms with Gasteiger partial charge in [0.1, 0.15) is 12.7 Å². The van der Waals surface area contributed by atoms with Gasteiger partial charge >= 0.3 is 6.18 Å². The van der Waals surface area contributed by atoms with E-state index in [0.29, 0.717) is 0 Å². The number of nitrogens with one attached hydrogen (secondary N) is 1. The third-order valence-electron chi connectivity index (χ3n) is 3.79. The average Bonchev–Trinajstić information content (AvgIpc) is 2.86. The van der Waals surface area contributed by atoms with Gasteiger partial charge in [-0.3, -0.25) is 9.59 Å². The Morgan fingerprint density at radius 2 is 2.08 bits per heavy atom. The van der Waals surface area contributed by atoms with Crippen LogP contribution >= 0.6 is 11.6 Å². The van der Waals surface area contributed by atoms with Crippen molar-refractivity contribution in [3.8, 4) is 0 Å². The molecule has 0 spiro atoms. The zero-order valence-corrected chi connectivity index (χ0v) is 13.3. The van der Waals surface area contributed by atoms with Crippen molar-refractivity contribution in [1.82, 2.24) is 10.2 Å². The number of nitrogens with zero attached hydrogens (tertiary/aromatic N) is 1. The number of hydrogen-bond donors (Lipinski definition) is 1. The van der Waals surface area contributed by atoms with Gasteiger partial charge in [-0.2, -0.15) is 13.2 Å². The Morgan fingerprint density at radius 3 is 2.71 bits per heavy atom. The minimum Gasteiger partial charge on any atom is -0.350 e. The number of likely N-dealkylation sites (tertiary alicyclic amines) is 1. The van der Waals surface area contributed by atoms with E-state index in [-0.39, 0.29) is 37.4 Å². The molecule has 1 atom stereocenters. The maximum Gasteiger partial charge on any atom is 0.417 e. The average molecular weight is 367 g/mol. The van der Waals surface area contributed by atoms with Gasteiger partial charge in [-0.1, -0.05) is 23.7 Å². The smallest absolute Gasteiger partial charge is 0.350 e. The molecule has 1 heterocycles. The van der Waals surface area contributed by atoms with Crippen LogP contribution in [-0.2, 0) is 22.3 Å². The van der Waals surface area contributed by atoms with E-state index >= 15 is 0 Å². The van der Waals surface area contributed by atoms with Gasteiger partial charge in [-0.25, -0.2) is 4.39 Å². The number of carbonyl (C=O) groups excluding carboxylic acids is 2. The summed E-state index contributed by atoms with van der Waals surface area (Å²) < 4.78 is 50.9. The molecule has 0 unspecified atom stereocenters. The number of alkyl halides is 4. The van der Waals surface area contributed by atoms with Crippen molar-refractivity contribution in [1.29, 1.82) is 0 Å². The molecule has 0 aliphatic carbocycles. The highest BCUT2D eigenvalue weighted by molar-refractivity contribution is 6.32. The predicted octanol–water partition coefficient (Wildman–Crippen LogP) is 2.94. The van der Waals surface area contributed by atoms with Crippen molar-refractivity contribution in [3.05, 3.63) is 34.3 Å². The van der Waals surface area contributed by atoms with E-state index < -0.39 is 35.4 Å². The Kier molecular flexibility index (Phi) is 5.69. The van der Waals surface area contributed by atoms with Gasteiger partial charge in [0.2, 0.25) is 11.8 Å². The second kappa shape index (κ2) is 7.38. The minimum atomic E-state index is -4.59. The van der Waals surface area contributed by atoms with Crippen molar-refractivity contribution in [3.63, 3.8) is 0 Å². The lowest BCUT2D eigenvalue weighted by Gasteiger charge is -2.23. The van der Waals surface area contributed by atoms with Gasteiger partial charge in [0.25, 0.3) is 0 Å². The van der Waals surface area contributed by atoms with Crippen LogP contribution in [0.25, 0.3) is 0 Å². The highest BCUT2D eigenvalue weighted by Gasteiger charge is 2.36. The van der Waals surface area contributed by atoms with E-state index in [4.69, 9.17) is 11.6 Å². The molecule has 132 valence electrons. The standard InChI is InChI=1S/C15H15ClF4N2O2/c16-13-9(2-1-3-10(13)15(18,19)20)8-21-14(24)11-4-5-12(23)22(11)7-6-17/h1-3,11H,4-8H2,(H,21,24)/t11-/m0/s1. The molecule has 1 fully saturated rings. The molecule has 0 bridgehead atoms. The first kappa shape index (κ1) is 18.5. The quantitative estimate of drug-likeness (QED) is 0.815. The van der Waals surface area contributed by atoms with Crippen LogP contribution in [0.5, 0.6) is 0 Å². The number of halogens is 5. The van der Waals surface area contributed by atoms with Gasteiger partial charge in [0, 0.05) is 19.5 Å². The monoisotopic (exact) mass is 366 g/mol. The second-order valence-electron chi connectivity index (χ2n) is 5.32. The normalized spacial score (nSPS) is 18.1. The van der Waals surface area contributed by atoms with E-state index in [1.807, 2.05) is 0 Å². The van der Waals surface area contributed by atoms with Crippen LogP contribution in [0, 0.1) is 0 Å². The first-order valence-corrected chi connectivity index (χ1v) is 7.61. The Labute approximate surface area is 140 Å². The van der Waals surface area contributed by atoms with Gasteiger partial charge in [0.15, 0.2) is 0 Å². The molecule has 4 nitrogen and oxygen atoms in total. The number of carbonyl (C=O) groups is 2. The molecule has 24 heavy (non-hydrogen) atoms. The lowest BCUT2D eigenvalue weighted by atomic mass is 10.1. The zero-order chi connectivity index (χ0) is 17.9.